The smallest absolute Gasteiger partial charge is 0.416 e. The number of nitrogens with one attached hydrogen (secondary N) is 1. The van der Waals surface area contributed by atoms with Crippen molar-refractivity contribution in [3.8, 4) is 11.6 Å². The minimum absolute atomic E-state index is 0.0201. The van der Waals surface area contributed by atoms with Crippen molar-refractivity contribution in [3.63, 3.8) is 0 Å². The van der Waals surface area contributed by atoms with Crippen LogP contribution in [0.3, 0.4) is 0 Å². The number of carbonyl (C=O) groups excluding carboxylic acids is 1. The summed E-state index contributed by atoms with van der Waals surface area (Å²) in [6.07, 6.45) is -9.74. The molecular formula is C30H31F6N5O6. The van der Waals surface area contributed by atoms with Crippen molar-refractivity contribution in [2.75, 3.05) is 30.5 Å². The number of benzene rings is 1. The predicted molar refractivity (Wildman–Crippen MR) is 154 cm³/mol. The van der Waals surface area contributed by atoms with Crippen LogP contribution in [0.5, 0.6) is 11.6 Å². The van der Waals surface area contributed by atoms with Crippen molar-refractivity contribution in [3.05, 3.63) is 64.6 Å². The minimum atomic E-state index is -5.06. The van der Waals surface area contributed by atoms with Gasteiger partial charge in [-0.25, -0.2) is 19.7 Å². The molecule has 47 heavy (non-hydrogen) atoms. The number of alkyl halides is 6. The zero-order valence-electron chi connectivity index (χ0n) is 25.4. The summed E-state index contributed by atoms with van der Waals surface area (Å²) in [5, 5.41) is 12.1. The third-order valence-corrected chi connectivity index (χ3v) is 7.21. The van der Waals surface area contributed by atoms with E-state index < -0.39 is 54.4 Å². The normalized spacial score (nSPS) is 16.3. The highest BCUT2D eigenvalue weighted by Crippen LogP contribution is 2.41. The SMILES string of the molecule is CCOC(=O)N1c2ccc(OC)nc2[C@@H](Nc2ncc(OCCC(=O)O)c(Cc3cc(C(F)(F)F)cc(C(F)(F)F)c3)n2)C[C@H]1CC. The van der Waals surface area contributed by atoms with E-state index in [1.807, 2.05) is 6.92 Å². The van der Waals surface area contributed by atoms with Crippen LogP contribution in [0.25, 0.3) is 0 Å². The fraction of sp³-hybridized carbons (Fsp3) is 0.433. The van der Waals surface area contributed by atoms with Gasteiger partial charge < -0.3 is 24.6 Å². The second-order valence-electron chi connectivity index (χ2n) is 10.4. The Labute approximate surface area is 264 Å². The number of aliphatic carboxylic acids is 1. The van der Waals surface area contributed by atoms with E-state index in [-0.39, 0.29) is 54.2 Å². The van der Waals surface area contributed by atoms with Crippen molar-refractivity contribution in [1.82, 2.24) is 15.0 Å². The van der Waals surface area contributed by atoms with Crippen LogP contribution in [0.4, 0.5) is 42.8 Å². The molecule has 1 aliphatic heterocycles. The molecule has 254 valence electrons. The van der Waals surface area contributed by atoms with Gasteiger partial charge in [0.15, 0.2) is 5.75 Å². The Balaban J connectivity index is 1.76. The number of halogens is 6. The lowest BCUT2D eigenvalue weighted by Gasteiger charge is -2.39. The number of aromatic nitrogens is 3. The van der Waals surface area contributed by atoms with Crippen LogP contribution in [0.15, 0.2) is 36.5 Å². The largest absolute Gasteiger partial charge is 0.489 e. The molecule has 17 heteroatoms. The Bertz CT molecular complexity index is 1570. The highest BCUT2D eigenvalue weighted by molar-refractivity contribution is 5.90. The maximum atomic E-state index is 13.5. The van der Waals surface area contributed by atoms with Crippen molar-refractivity contribution >= 4 is 23.7 Å². The molecule has 2 aromatic heterocycles. The number of anilines is 2. The lowest BCUT2D eigenvalue weighted by atomic mass is 9.93. The van der Waals surface area contributed by atoms with Crippen LogP contribution >= 0.6 is 0 Å². The van der Waals surface area contributed by atoms with E-state index in [0.717, 1.165) is 6.20 Å². The molecule has 2 atom stereocenters. The van der Waals surface area contributed by atoms with E-state index in [4.69, 9.17) is 19.3 Å². The third-order valence-electron chi connectivity index (χ3n) is 7.21. The van der Waals surface area contributed by atoms with Gasteiger partial charge in [-0.3, -0.25) is 9.69 Å². The number of fused-ring (bicyclic) bond motifs is 1. The number of ether oxygens (including phenoxy) is 3. The number of pyridine rings is 1. The molecule has 2 N–H and O–H groups in total. The number of carbonyl (C=O) groups is 2. The molecule has 3 heterocycles. The van der Waals surface area contributed by atoms with Gasteiger partial charge in [0.05, 0.1) is 67.2 Å². The molecule has 1 amide bonds. The summed E-state index contributed by atoms with van der Waals surface area (Å²) in [5.74, 6) is -1.16. The Kier molecular flexibility index (Phi) is 10.7. The van der Waals surface area contributed by atoms with Gasteiger partial charge in [-0.05, 0) is 49.6 Å². The van der Waals surface area contributed by atoms with Crippen LogP contribution in [0.1, 0.15) is 67.2 Å². The average molecular weight is 672 g/mol. The van der Waals surface area contributed by atoms with E-state index in [1.54, 1.807) is 19.1 Å². The number of nitrogens with zero attached hydrogens (tertiary/aromatic N) is 4. The standard InChI is InChI=1S/C30H31F6N5O6/c1-4-19-14-21(26-22(6-7-24(40-26)45-3)41(19)28(44)46-5-2)39-27-37-15-23(47-9-8-25(42)43)20(38-27)12-16-10-17(29(31,32)33)13-18(11-16)30(34,35)36/h6-7,10-11,13,15,19,21H,4-5,8-9,12,14H2,1-3H3,(H,42,43)(H,37,38,39)/t19-,21+/m1/s1. The van der Waals surface area contributed by atoms with Gasteiger partial charge in [-0.1, -0.05) is 6.92 Å². The molecular weight excluding hydrogens is 640 g/mol. The first-order chi connectivity index (χ1) is 22.1. The second kappa shape index (κ2) is 14.3. The predicted octanol–water partition coefficient (Wildman–Crippen LogP) is 6.66. The van der Waals surface area contributed by atoms with E-state index in [0.29, 0.717) is 36.4 Å². The molecule has 0 saturated heterocycles. The van der Waals surface area contributed by atoms with Crippen LogP contribution in [0, 0.1) is 0 Å². The first-order valence-corrected chi connectivity index (χ1v) is 14.4. The number of carboxylic acid groups (broad SMARTS) is 1. The van der Waals surface area contributed by atoms with Gasteiger partial charge in [0.1, 0.15) is 0 Å². The molecule has 0 aliphatic carbocycles. The molecule has 0 unspecified atom stereocenters. The first-order valence-electron chi connectivity index (χ1n) is 14.4. The van der Waals surface area contributed by atoms with Crippen LogP contribution in [-0.4, -0.2) is 58.5 Å². The average Bonchev–Trinajstić information content (AvgIpc) is 3.00. The van der Waals surface area contributed by atoms with Gasteiger partial charge in [0, 0.05) is 18.5 Å². The maximum absolute atomic E-state index is 13.5. The summed E-state index contributed by atoms with van der Waals surface area (Å²) in [7, 11) is 1.41. The van der Waals surface area contributed by atoms with Crippen molar-refractivity contribution in [2.45, 2.75) is 64.0 Å². The van der Waals surface area contributed by atoms with Crippen molar-refractivity contribution in [1.29, 1.82) is 0 Å². The summed E-state index contributed by atoms with van der Waals surface area (Å²) < 4.78 is 97.3. The number of methoxy groups -OCH3 is 1. The van der Waals surface area contributed by atoms with E-state index in [2.05, 4.69) is 20.3 Å². The second-order valence-corrected chi connectivity index (χ2v) is 10.4. The summed E-state index contributed by atoms with van der Waals surface area (Å²) in [6.45, 7) is 3.32. The molecule has 0 spiro atoms. The molecule has 11 nitrogen and oxygen atoms in total. The Morgan fingerprint density at radius 3 is 2.30 bits per heavy atom. The highest BCUT2D eigenvalue weighted by atomic mass is 19.4. The molecule has 0 saturated carbocycles. The van der Waals surface area contributed by atoms with E-state index in [1.165, 1.54) is 12.0 Å². The summed E-state index contributed by atoms with van der Waals surface area (Å²) in [6, 6.07) is 3.40. The fourth-order valence-corrected chi connectivity index (χ4v) is 5.07. The number of hydrogen-bond donors (Lipinski definition) is 2. The van der Waals surface area contributed by atoms with Crippen molar-refractivity contribution < 1.29 is 55.2 Å². The fourth-order valence-electron chi connectivity index (χ4n) is 5.07. The Morgan fingerprint density at radius 1 is 1.04 bits per heavy atom. The lowest BCUT2D eigenvalue weighted by molar-refractivity contribution is -0.143. The van der Waals surface area contributed by atoms with Crippen molar-refractivity contribution in [2.24, 2.45) is 0 Å². The zero-order valence-corrected chi connectivity index (χ0v) is 25.4. The van der Waals surface area contributed by atoms with E-state index in [9.17, 15) is 35.9 Å². The van der Waals surface area contributed by atoms with Crippen LogP contribution in [-0.2, 0) is 28.3 Å². The van der Waals surface area contributed by atoms with Crippen LogP contribution < -0.4 is 19.7 Å². The molecule has 3 aromatic rings. The van der Waals surface area contributed by atoms with Gasteiger partial charge in [0.2, 0.25) is 11.8 Å². The summed E-state index contributed by atoms with van der Waals surface area (Å²) in [5.41, 5.74) is -2.67. The lowest BCUT2D eigenvalue weighted by Crippen LogP contribution is -2.46. The molecule has 0 radical (unpaired) electrons. The van der Waals surface area contributed by atoms with Crippen LogP contribution in [0.2, 0.25) is 0 Å². The van der Waals surface area contributed by atoms with E-state index >= 15 is 0 Å². The molecule has 0 fully saturated rings. The summed E-state index contributed by atoms with van der Waals surface area (Å²) >= 11 is 0. The monoisotopic (exact) mass is 671 g/mol. The molecule has 0 bridgehead atoms. The van der Waals surface area contributed by atoms with Gasteiger partial charge in [-0.2, -0.15) is 26.3 Å². The first kappa shape index (κ1) is 35.0. The highest BCUT2D eigenvalue weighted by Gasteiger charge is 2.39. The van der Waals surface area contributed by atoms with Gasteiger partial charge >= 0.3 is 24.4 Å². The topological polar surface area (TPSA) is 136 Å². The molecule has 1 aromatic carbocycles. The van der Waals surface area contributed by atoms with Gasteiger partial charge in [0.25, 0.3) is 0 Å². The number of hydrogen-bond acceptors (Lipinski definition) is 9. The number of rotatable bonds is 11. The molecule has 4 rings (SSSR count). The zero-order chi connectivity index (χ0) is 34.5. The third kappa shape index (κ3) is 8.51. The summed E-state index contributed by atoms with van der Waals surface area (Å²) in [4.78, 5) is 38.5. The minimum Gasteiger partial charge on any atom is -0.489 e. The maximum Gasteiger partial charge on any atom is 0.416 e. The number of amides is 1. The Morgan fingerprint density at radius 2 is 1.72 bits per heavy atom. The van der Waals surface area contributed by atoms with Gasteiger partial charge in [-0.15, -0.1) is 0 Å². The molecule has 1 aliphatic rings. The number of carboxylic acids is 1. The quantitative estimate of drug-likeness (QED) is 0.213. The Hall–Kier alpha value is -4.83.